The molecule has 0 aliphatic heterocycles. The zero-order valence-electron chi connectivity index (χ0n) is 16.2. The third kappa shape index (κ3) is 3.81. The van der Waals surface area contributed by atoms with Crippen LogP contribution in [0.2, 0.25) is 0 Å². The summed E-state index contributed by atoms with van der Waals surface area (Å²) in [5.41, 5.74) is 0.879. The van der Waals surface area contributed by atoms with Crippen LogP contribution in [0.4, 0.5) is 0 Å². The molecule has 0 spiro atoms. The van der Waals surface area contributed by atoms with Gasteiger partial charge in [0.25, 0.3) is 5.91 Å². The minimum Gasteiger partial charge on any atom is -0.484 e. The van der Waals surface area contributed by atoms with Crippen molar-refractivity contribution in [2.75, 3.05) is 13.7 Å². The van der Waals surface area contributed by atoms with Crippen molar-refractivity contribution in [3.8, 4) is 5.75 Å². The van der Waals surface area contributed by atoms with Gasteiger partial charge < -0.3 is 18.5 Å². The number of benzene rings is 1. The number of furan rings is 1. The van der Waals surface area contributed by atoms with Gasteiger partial charge in [-0.2, -0.15) is 0 Å². The summed E-state index contributed by atoms with van der Waals surface area (Å²) in [5.74, 6) is 3.30. The number of likely N-dealkylation sites (N-methyl/N-ethyl adjacent to an activating group) is 1. The summed E-state index contributed by atoms with van der Waals surface area (Å²) in [5, 5.41) is 0.842. The summed E-state index contributed by atoms with van der Waals surface area (Å²) in [6.07, 6.45) is 1.17. The molecule has 3 aromatic rings. The molecule has 0 unspecified atom stereocenters. The van der Waals surface area contributed by atoms with Gasteiger partial charge in [-0.15, -0.1) is 0 Å². The van der Waals surface area contributed by atoms with E-state index < -0.39 is 5.63 Å². The fourth-order valence-corrected chi connectivity index (χ4v) is 3.37. The molecule has 2 aromatic heterocycles. The summed E-state index contributed by atoms with van der Waals surface area (Å²) in [7, 11) is 1.72. The van der Waals surface area contributed by atoms with Gasteiger partial charge in [-0.05, 0) is 49.1 Å². The summed E-state index contributed by atoms with van der Waals surface area (Å²) in [6, 6.07) is 10.6. The number of fused-ring (bicyclic) bond motifs is 1. The van der Waals surface area contributed by atoms with Crippen LogP contribution < -0.4 is 10.4 Å². The van der Waals surface area contributed by atoms with Crippen molar-refractivity contribution in [2.24, 2.45) is 5.92 Å². The third-order valence-electron chi connectivity index (χ3n) is 5.26. The normalized spacial score (nSPS) is 18.2. The lowest BCUT2D eigenvalue weighted by molar-refractivity contribution is -0.132. The van der Waals surface area contributed by atoms with Gasteiger partial charge in [0.2, 0.25) is 0 Å². The summed E-state index contributed by atoms with van der Waals surface area (Å²) in [6.45, 7) is 4.35. The van der Waals surface area contributed by atoms with Gasteiger partial charge in [-0.3, -0.25) is 4.79 Å². The van der Waals surface area contributed by atoms with Crippen LogP contribution >= 0.6 is 0 Å². The van der Waals surface area contributed by atoms with Crippen molar-refractivity contribution >= 4 is 16.9 Å². The molecule has 2 atom stereocenters. The highest BCUT2D eigenvalue weighted by atomic mass is 16.5. The predicted octanol–water partition coefficient (Wildman–Crippen LogP) is 3.86. The Balaban J connectivity index is 1.36. The van der Waals surface area contributed by atoms with Crippen molar-refractivity contribution in [1.82, 2.24) is 4.90 Å². The second-order valence-corrected chi connectivity index (χ2v) is 7.57. The van der Waals surface area contributed by atoms with E-state index in [2.05, 4.69) is 6.92 Å². The Morgan fingerprint density at radius 3 is 2.75 bits per heavy atom. The molecule has 1 aromatic carbocycles. The number of carbonyl (C=O) groups is 1. The molecule has 6 nitrogen and oxygen atoms in total. The molecular weight excluding hydrogens is 358 g/mol. The van der Waals surface area contributed by atoms with E-state index in [1.807, 2.05) is 25.1 Å². The molecule has 28 heavy (non-hydrogen) atoms. The zero-order valence-corrected chi connectivity index (χ0v) is 16.2. The van der Waals surface area contributed by atoms with Crippen molar-refractivity contribution in [3.63, 3.8) is 0 Å². The summed E-state index contributed by atoms with van der Waals surface area (Å²) < 4.78 is 16.7. The monoisotopic (exact) mass is 381 g/mol. The number of hydrogen-bond acceptors (Lipinski definition) is 5. The van der Waals surface area contributed by atoms with Crippen molar-refractivity contribution in [1.29, 1.82) is 0 Å². The number of rotatable bonds is 6. The smallest absolute Gasteiger partial charge is 0.336 e. The van der Waals surface area contributed by atoms with E-state index in [0.29, 0.717) is 29.7 Å². The fraction of sp³-hybridized carbons (Fsp3) is 0.364. The average Bonchev–Trinajstić information content (AvgIpc) is 3.20. The van der Waals surface area contributed by atoms with E-state index in [1.54, 1.807) is 24.1 Å². The Labute approximate surface area is 162 Å². The minimum absolute atomic E-state index is 0.106. The first-order chi connectivity index (χ1) is 13.4. The Bertz CT molecular complexity index is 1080. The molecular formula is C22H23NO5. The van der Waals surface area contributed by atoms with Crippen LogP contribution in [0.5, 0.6) is 5.75 Å². The molecule has 1 fully saturated rings. The van der Waals surface area contributed by atoms with Crippen LogP contribution in [0.3, 0.4) is 0 Å². The molecule has 1 aliphatic carbocycles. The lowest BCUT2D eigenvalue weighted by Crippen LogP contribution is -2.30. The quantitative estimate of drug-likeness (QED) is 0.606. The number of amides is 1. The van der Waals surface area contributed by atoms with E-state index in [9.17, 15) is 9.59 Å². The first kappa shape index (κ1) is 18.3. The van der Waals surface area contributed by atoms with E-state index in [4.69, 9.17) is 13.6 Å². The molecule has 0 saturated heterocycles. The first-order valence-corrected chi connectivity index (χ1v) is 9.40. The van der Waals surface area contributed by atoms with E-state index in [-0.39, 0.29) is 12.5 Å². The maximum absolute atomic E-state index is 12.4. The number of nitrogens with zero attached hydrogens (tertiary/aromatic N) is 1. The molecule has 1 aliphatic rings. The Hall–Kier alpha value is -3.02. The number of carbonyl (C=O) groups excluding carboxylic acids is 1. The summed E-state index contributed by atoms with van der Waals surface area (Å²) >= 11 is 0. The second kappa shape index (κ2) is 7.19. The fourth-order valence-electron chi connectivity index (χ4n) is 3.37. The molecule has 6 heteroatoms. The van der Waals surface area contributed by atoms with Gasteiger partial charge in [0.15, 0.2) is 6.61 Å². The standard InChI is InChI=1S/C22H23NO5/c1-13-8-18(13)19-7-5-16(27-19)11-23(3)21(24)12-26-15-4-6-17-14(2)9-22(25)28-20(17)10-15/h4-7,9-10,13,18H,8,11-12H2,1-3H3/t13-,18+/m1/s1. The van der Waals surface area contributed by atoms with Gasteiger partial charge in [0.1, 0.15) is 22.9 Å². The lowest BCUT2D eigenvalue weighted by atomic mass is 10.1. The second-order valence-electron chi connectivity index (χ2n) is 7.57. The maximum Gasteiger partial charge on any atom is 0.336 e. The molecule has 0 bridgehead atoms. The third-order valence-corrected chi connectivity index (χ3v) is 5.26. The summed E-state index contributed by atoms with van der Waals surface area (Å²) in [4.78, 5) is 25.5. The van der Waals surface area contributed by atoms with Gasteiger partial charge in [-0.25, -0.2) is 4.79 Å². The van der Waals surface area contributed by atoms with E-state index in [0.717, 1.165) is 22.5 Å². The number of ether oxygens (including phenoxy) is 1. The van der Waals surface area contributed by atoms with Crippen molar-refractivity contribution in [3.05, 3.63) is 63.9 Å². The number of aryl methyl sites for hydroxylation is 1. The average molecular weight is 381 g/mol. The minimum atomic E-state index is -0.406. The highest BCUT2D eigenvalue weighted by Gasteiger charge is 2.36. The van der Waals surface area contributed by atoms with Crippen LogP contribution in [-0.2, 0) is 11.3 Å². The van der Waals surface area contributed by atoms with Crippen LogP contribution in [0.25, 0.3) is 11.0 Å². The first-order valence-electron chi connectivity index (χ1n) is 9.40. The largest absolute Gasteiger partial charge is 0.484 e. The van der Waals surface area contributed by atoms with Crippen molar-refractivity contribution < 1.29 is 18.4 Å². The SMILES string of the molecule is Cc1cc(=O)oc2cc(OCC(=O)N(C)Cc3ccc([C@H]4C[C@H]4C)o3)ccc12. The Kier molecular flexibility index (Phi) is 4.71. The molecule has 4 rings (SSSR count). The van der Waals surface area contributed by atoms with E-state index in [1.165, 1.54) is 12.5 Å². The Morgan fingerprint density at radius 2 is 2.00 bits per heavy atom. The molecule has 0 radical (unpaired) electrons. The molecule has 0 N–H and O–H groups in total. The lowest BCUT2D eigenvalue weighted by Gasteiger charge is -2.16. The number of hydrogen-bond donors (Lipinski definition) is 0. The zero-order chi connectivity index (χ0) is 19.8. The Morgan fingerprint density at radius 1 is 1.21 bits per heavy atom. The van der Waals surface area contributed by atoms with E-state index >= 15 is 0 Å². The molecule has 2 heterocycles. The maximum atomic E-state index is 12.4. The van der Waals surface area contributed by atoms with Gasteiger partial charge in [0, 0.05) is 30.5 Å². The molecule has 146 valence electrons. The van der Waals surface area contributed by atoms with Gasteiger partial charge >= 0.3 is 5.63 Å². The molecule has 1 saturated carbocycles. The highest BCUT2D eigenvalue weighted by molar-refractivity contribution is 5.81. The van der Waals surface area contributed by atoms with Crippen molar-refractivity contribution in [2.45, 2.75) is 32.7 Å². The van der Waals surface area contributed by atoms with Crippen LogP contribution in [0.15, 0.2) is 50.0 Å². The molecule has 1 amide bonds. The van der Waals surface area contributed by atoms with Crippen LogP contribution in [0.1, 0.15) is 36.3 Å². The van der Waals surface area contributed by atoms with Gasteiger partial charge in [0.05, 0.1) is 6.54 Å². The highest BCUT2D eigenvalue weighted by Crippen LogP contribution is 2.47. The van der Waals surface area contributed by atoms with Crippen LogP contribution in [-0.4, -0.2) is 24.5 Å². The topological polar surface area (TPSA) is 72.9 Å². The van der Waals surface area contributed by atoms with Crippen LogP contribution in [0, 0.1) is 12.8 Å². The predicted molar refractivity (Wildman–Crippen MR) is 104 cm³/mol. The van der Waals surface area contributed by atoms with Gasteiger partial charge in [-0.1, -0.05) is 6.92 Å².